The minimum Gasteiger partial charge on any atom is -0.490 e. The van der Waals surface area contributed by atoms with Crippen LogP contribution in [0.3, 0.4) is 0 Å². The molecule has 0 spiro atoms. The summed E-state index contributed by atoms with van der Waals surface area (Å²) in [5.41, 5.74) is 2.85. The maximum atomic E-state index is 12.5. The maximum Gasteiger partial charge on any atom is 0.224 e. The summed E-state index contributed by atoms with van der Waals surface area (Å²) in [4.78, 5) is 12.5. The number of hydrogen-bond donors (Lipinski definition) is 1. The van der Waals surface area contributed by atoms with E-state index in [2.05, 4.69) is 26.3 Å². The van der Waals surface area contributed by atoms with E-state index in [9.17, 15) is 4.79 Å². The molecule has 0 aliphatic heterocycles. The Kier molecular flexibility index (Phi) is 7.30. The highest BCUT2D eigenvalue weighted by molar-refractivity contribution is 9.10. The SMILES string of the molecule is CCOc1cc(Br)c(CC(=O)NCc2ccc(-n3cccn3)cc2)cc1OCC. The molecule has 1 N–H and O–H groups in total. The number of hydrogen-bond acceptors (Lipinski definition) is 4. The Morgan fingerprint density at radius 1 is 1.10 bits per heavy atom. The fraction of sp³-hybridized carbons (Fsp3) is 0.273. The zero-order valence-corrected chi connectivity index (χ0v) is 18.1. The van der Waals surface area contributed by atoms with Gasteiger partial charge in [0.2, 0.25) is 5.91 Å². The van der Waals surface area contributed by atoms with Gasteiger partial charge in [0.1, 0.15) is 0 Å². The number of carbonyl (C=O) groups is 1. The zero-order chi connectivity index (χ0) is 20.6. The first-order valence-electron chi connectivity index (χ1n) is 9.54. The number of ether oxygens (including phenoxy) is 2. The zero-order valence-electron chi connectivity index (χ0n) is 16.5. The van der Waals surface area contributed by atoms with E-state index >= 15 is 0 Å². The first-order valence-corrected chi connectivity index (χ1v) is 10.3. The van der Waals surface area contributed by atoms with Crippen LogP contribution in [0.15, 0.2) is 59.3 Å². The number of carbonyl (C=O) groups excluding carboxylic acids is 1. The number of amides is 1. The van der Waals surface area contributed by atoms with E-state index in [0.717, 1.165) is 21.3 Å². The molecule has 0 fully saturated rings. The van der Waals surface area contributed by atoms with E-state index in [0.29, 0.717) is 31.3 Å². The molecule has 0 radical (unpaired) electrons. The Labute approximate surface area is 179 Å². The van der Waals surface area contributed by atoms with Crippen LogP contribution in [0.4, 0.5) is 0 Å². The molecule has 1 aromatic heterocycles. The van der Waals surface area contributed by atoms with Gasteiger partial charge in [-0.3, -0.25) is 4.79 Å². The van der Waals surface area contributed by atoms with E-state index in [1.165, 1.54) is 0 Å². The second-order valence-corrected chi connectivity index (χ2v) is 7.18. The molecule has 0 saturated heterocycles. The fourth-order valence-corrected chi connectivity index (χ4v) is 3.34. The molecule has 0 aliphatic rings. The molecule has 29 heavy (non-hydrogen) atoms. The summed E-state index contributed by atoms with van der Waals surface area (Å²) in [6, 6.07) is 13.5. The lowest BCUT2D eigenvalue weighted by molar-refractivity contribution is -0.120. The van der Waals surface area contributed by atoms with Crippen molar-refractivity contribution in [3.05, 3.63) is 70.5 Å². The summed E-state index contributed by atoms with van der Waals surface area (Å²) in [7, 11) is 0. The number of benzene rings is 2. The Morgan fingerprint density at radius 2 is 1.79 bits per heavy atom. The van der Waals surface area contributed by atoms with Crippen LogP contribution in [0.2, 0.25) is 0 Å². The second-order valence-electron chi connectivity index (χ2n) is 6.33. The number of halogens is 1. The highest BCUT2D eigenvalue weighted by Crippen LogP contribution is 2.34. The molecule has 6 nitrogen and oxygen atoms in total. The van der Waals surface area contributed by atoms with Crippen LogP contribution in [0.1, 0.15) is 25.0 Å². The van der Waals surface area contributed by atoms with Gasteiger partial charge in [-0.15, -0.1) is 0 Å². The van der Waals surface area contributed by atoms with Gasteiger partial charge < -0.3 is 14.8 Å². The third kappa shape index (κ3) is 5.60. The third-order valence-electron chi connectivity index (χ3n) is 4.26. The van der Waals surface area contributed by atoms with Crippen LogP contribution in [0, 0.1) is 0 Å². The van der Waals surface area contributed by atoms with Crippen molar-refractivity contribution in [1.82, 2.24) is 15.1 Å². The van der Waals surface area contributed by atoms with Gasteiger partial charge in [-0.1, -0.05) is 28.1 Å². The summed E-state index contributed by atoms with van der Waals surface area (Å²) in [6.45, 7) is 5.38. The van der Waals surface area contributed by atoms with Crippen molar-refractivity contribution in [2.45, 2.75) is 26.8 Å². The minimum absolute atomic E-state index is 0.0616. The highest BCUT2D eigenvalue weighted by atomic mass is 79.9. The van der Waals surface area contributed by atoms with Crippen molar-refractivity contribution in [3.8, 4) is 17.2 Å². The van der Waals surface area contributed by atoms with Crippen LogP contribution < -0.4 is 14.8 Å². The molecule has 7 heteroatoms. The van der Waals surface area contributed by atoms with Crippen molar-refractivity contribution in [3.63, 3.8) is 0 Å². The molecule has 2 aromatic carbocycles. The number of nitrogens with one attached hydrogen (secondary N) is 1. The molecule has 0 atom stereocenters. The molecule has 0 saturated carbocycles. The van der Waals surface area contributed by atoms with Crippen LogP contribution in [0.5, 0.6) is 11.5 Å². The Hall–Kier alpha value is -2.80. The number of rotatable bonds is 9. The standard InChI is InChI=1S/C22H24BrN3O3/c1-3-28-20-12-17(19(23)14-21(20)29-4-2)13-22(27)24-15-16-6-8-18(9-7-16)26-11-5-10-25-26/h5-12,14H,3-4,13,15H2,1-2H3,(H,24,27). The van der Waals surface area contributed by atoms with Crippen LogP contribution in [-0.2, 0) is 17.8 Å². The van der Waals surface area contributed by atoms with Gasteiger partial charge >= 0.3 is 0 Å². The molecule has 3 aromatic rings. The summed E-state index contributed by atoms with van der Waals surface area (Å²) in [6.07, 6.45) is 3.88. The third-order valence-corrected chi connectivity index (χ3v) is 5.00. The van der Waals surface area contributed by atoms with E-state index in [4.69, 9.17) is 9.47 Å². The largest absolute Gasteiger partial charge is 0.490 e. The quantitative estimate of drug-likeness (QED) is 0.520. The van der Waals surface area contributed by atoms with Crippen molar-refractivity contribution in [1.29, 1.82) is 0 Å². The van der Waals surface area contributed by atoms with E-state index in [1.807, 2.05) is 62.5 Å². The topological polar surface area (TPSA) is 65.4 Å². The predicted octanol–water partition coefficient (Wildman–Crippen LogP) is 4.29. The van der Waals surface area contributed by atoms with Gasteiger partial charge in [-0.2, -0.15) is 5.10 Å². The van der Waals surface area contributed by atoms with Gasteiger partial charge in [0.05, 0.1) is 25.3 Å². The first-order chi connectivity index (χ1) is 14.1. The Balaban J connectivity index is 1.61. The Morgan fingerprint density at radius 3 is 2.41 bits per heavy atom. The van der Waals surface area contributed by atoms with Crippen LogP contribution in [-0.4, -0.2) is 28.9 Å². The van der Waals surface area contributed by atoms with E-state index < -0.39 is 0 Å². The lowest BCUT2D eigenvalue weighted by atomic mass is 10.1. The predicted molar refractivity (Wildman–Crippen MR) is 116 cm³/mol. The molecule has 0 unspecified atom stereocenters. The van der Waals surface area contributed by atoms with Crippen molar-refractivity contribution in [2.75, 3.05) is 13.2 Å². The lowest BCUT2D eigenvalue weighted by Gasteiger charge is -2.14. The molecular formula is C22H24BrN3O3. The molecule has 0 aliphatic carbocycles. The summed E-state index contributed by atoms with van der Waals surface area (Å²) >= 11 is 3.53. The monoisotopic (exact) mass is 457 g/mol. The van der Waals surface area contributed by atoms with Gasteiger partial charge in [0.25, 0.3) is 0 Å². The van der Waals surface area contributed by atoms with Crippen LogP contribution in [0.25, 0.3) is 5.69 Å². The maximum absolute atomic E-state index is 12.5. The summed E-state index contributed by atoms with van der Waals surface area (Å²) in [5, 5.41) is 7.17. The van der Waals surface area contributed by atoms with Gasteiger partial charge in [-0.25, -0.2) is 4.68 Å². The number of aromatic nitrogens is 2. The highest BCUT2D eigenvalue weighted by Gasteiger charge is 2.13. The normalized spacial score (nSPS) is 10.6. The van der Waals surface area contributed by atoms with Crippen molar-refractivity contribution in [2.24, 2.45) is 0 Å². The van der Waals surface area contributed by atoms with Gasteiger partial charge in [0.15, 0.2) is 11.5 Å². The van der Waals surface area contributed by atoms with Crippen LogP contribution >= 0.6 is 15.9 Å². The summed E-state index contributed by atoms with van der Waals surface area (Å²) in [5.74, 6) is 1.26. The van der Waals surface area contributed by atoms with Crippen molar-refractivity contribution < 1.29 is 14.3 Å². The molecular weight excluding hydrogens is 434 g/mol. The average molecular weight is 458 g/mol. The first kappa shape index (κ1) is 20.9. The molecule has 1 heterocycles. The molecule has 0 bridgehead atoms. The van der Waals surface area contributed by atoms with E-state index in [-0.39, 0.29) is 12.3 Å². The fourth-order valence-electron chi connectivity index (χ4n) is 2.87. The van der Waals surface area contributed by atoms with Crippen molar-refractivity contribution >= 4 is 21.8 Å². The van der Waals surface area contributed by atoms with Gasteiger partial charge in [0, 0.05) is 23.4 Å². The molecule has 152 valence electrons. The smallest absolute Gasteiger partial charge is 0.224 e. The average Bonchev–Trinajstić information content (AvgIpc) is 3.25. The Bertz CT molecular complexity index is 941. The lowest BCUT2D eigenvalue weighted by Crippen LogP contribution is -2.24. The summed E-state index contributed by atoms with van der Waals surface area (Å²) < 4.78 is 13.9. The van der Waals surface area contributed by atoms with E-state index in [1.54, 1.807) is 10.9 Å². The second kappa shape index (κ2) is 10.1. The number of nitrogens with zero attached hydrogens (tertiary/aromatic N) is 2. The molecule has 1 amide bonds. The van der Waals surface area contributed by atoms with Gasteiger partial charge in [-0.05, 0) is 55.3 Å². The minimum atomic E-state index is -0.0616. The molecule has 3 rings (SSSR count).